The van der Waals surface area contributed by atoms with Gasteiger partial charge in [-0.25, -0.2) is 9.59 Å². The van der Waals surface area contributed by atoms with E-state index in [2.05, 4.69) is 4.74 Å². The summed E-state index contributed by atoms with van der Waals surface area (Å²) in [5.41, 5.74) is 0. The van der Waals surface area contributed by atoms with Crippen LogP contribution in [0.15, 0.2) is 24.3 Å². The molecule has 0 aliphatic carbocycles. The number of esters is 2. The number of rotatable bonds is 6. The van der Waals surface area contributed by atoms with Crippen molar-refractivity contribution < 1.29 is 14.3 Å². The molecule has 84 valence electrons. The monoisotopic (exact) mass is 210 g/mol. The van der Waals surface area contributed by atoms with E-state index >= 15 is 0 Å². The minimum atomic E-state index is -0.602. The minimum Gasteiger partial charge on any atom is -0.387 e. The van der Waals surface area contributed by atoms with E-state index in [9.17, 15) is 9.59 Å². The average molecular weight is 210 g/mol. The molecule has 0 aliphatic heterocycles. The second-order valence-electron chi connectivity index (χ2n) is 3.12. The summed E-state index contributed by atoms with van der Waals surface area (Å²) in [6.45, 7) is 4.02. The lowest BCUT2D eigenvalue weighted by atomic mass is 10.3. The second-order valence-corrected chi connectivity index (χ2v) is 3.12. The van der Waals surface area contributed by atoms with Crippen molar-refractivity contribution in [3.05, 3.63) is 24.3 Å². The second kappa shape index (κ2) is 9.19. The molecule has 0 saturated heterocycles. The molecule has 0 radical (unpaired) electrons. The predicted molar refractivity (Wildman–Crippen MR) is 59.2 cm³/mol. The van der Waals surface area contributed by atoms with Crippen molar-refractivity contribution in [1.29, 1.82) is 0 Å². The molecule has 0 unspecified atom stereocenters. The molecule has 0 aromatic carbocycles. The number of hydrogen-bond acceptors (Lipinski definition) is 3. The van der Waals surface area contributed by atoms with Crippen LogP contribution in [0.25, 0.3) is 0 Å². The maximum absolute atomic E-state index is 11.0. The lowest BCUT2D eigenvalue weighted by Gasteiger charge is -1.93. The molecule has 0 N–H and O–H groups in total. The number of allylic oxidation sites excluding steroid dienone is 2. The van der Waals surface area contributed by atoms with Crippen molar-refractivity contribution in [2.45, 2.75) is 39.5 Å². The number of ether oxygens (including phenoxy) is 1. The van der Waals surface area contributed by atoms with Crippen LogP contribution in [0.1, 0.15) is 39.5 Å². The highest BCUT2D eigenvalue weighted by molar-refractivity contribution is 5.96. The van der Waals surface area contributed by atoms with Crippen molar-refractivity contribution in [3.8, 4) is 0 Å². The Labute approximate surface area is 90.8 Å². The van der Waals surface area contributed by atoms with E-state index in [4.69, 9.17) is 0 Å². The number of hydrogen-bond donors (Lipinski definition) is 0. The standard InChI is InChI=1S/C12H18O3/c1-3-5-7-9-11(13)15-12(14)10-8-6-4-2/h7-10H,3-6H2,1-2H3/b9-7-,10-8-. The maximum atomic E-state index is 11.0. The summed E-state index contributed by atoms with van der Waals surface area (Å²) in [6, 6.07) is 0. The number of unbranched alkanes of at least 4 members (excludes halogenated alkanes) is 2. The molecular weight excluding hydrogens is 192 g/mol. The third kappa shape index (κ3) is 8.94. The Morgan fingerprint density at radius 1 is 0.933 bits per heavy atom. The van der Waals surface area contributed by atoms with Crippen LogP contribution < -0.4 is 0 Å². The highest BCUT2D eigenvalue weighted by Gasteiger charge is 2.02. The van der Waals surface area contributed by atoms with Crippen LogP contribution in [0.2, 0.25) is 0 Å². The third-order valence-electron chi connectivity index (χ3n) is 1.62. The van der Waals surface area contributed by atoms with Crippen LogP contribution in [0.5, 0.6) is 0 Å². The number of carbonyl (C=O) groups is 2. The van der Waals surface area contributed by atoms with Gasteiger partial charge in [-0.3, -0.25) is 0 Å². The lowest BCUT2D eigenvalue weighted by molar-refractivity contribution is -0.152. The van der Waals surface area contributed by atoms with Crippen molar-refractivity contribution in [2.24, 2.45) is 0 Å². The lowest BCUT2D eigenvalue weighted by Crippen LogP contribution is -2.06. The van der Waals surface area contributed by atoms with E-state index in [1.807, 2.05) is 13.8 Å². The summed E-state index contributed by atoms with van der Waals surface area (Å²) < 4.78 is 4.49. The quantitative estimate of drug-likeness (QED) is 0.384. The molecule has 0 amide bonds. The molecule has 3 nitrogen and oxygen atoms in total. The summed E-state index contributed by atoms with van der Waals surface area (Å²) in [4.78, 5) is 22.0. The number of carbonyl (C=O) groups excluding carboxylic acids is 2. The summed E-state index contributed by atoms with van der Waals surface area (Å²) >= 11 is 0. The summed E-state index contributed by atoms with van der Waals surface area (Å²) in [5, 5.41) is 0. The molecule has 0 aromatic heterocycles. The van der Waals surface area contributed by atoms with Crippen LogP contribution >= 0.6 is 0 Å². The molecular formula is C12H18O3. The fraction of sp³-hybridized carbons (Fsp3) is 0.500. The van der Waals surface area contributed by atoms with E-state index in [0.29, 0.717) is 0 Å². The molecule has 0 spiro atoms. The van der Waals surface area contributed by atoms with Gasteiger partial charge in [-0.15, -0.1) is 0 Å². The zero-order valence-electron chi connectivity index (χ0n) is 9.36. The molecule has 0 fully saturated rings. The Kier molecular flexibility index (Phi) is 8.34. The molecule has 0 heterocycles. The molecule has 3 heteroatoms. The van der Waals surface area contributed by atoms with Crippen LogP contribution in [0.4, 0.5) is 0 Å². The zero-order valence-corrected chi connectivity index (χ0v) is 9.36. The van der Waals surface area contributed by atoms with Gasteiger partial charge >= 0.3 is 11.9 Å². The van der Waals surface area contributed by atoms with Crippen LogP contribution in [-0.2, 0) is 14.3 Å². The Hall–Kier alpha value is -1.38. The molecule has 0 aliphatic rings. The van der Waals surface area contributed by atoms with E-state index in [1.54, 1.807) is 12.2 Å². The van der Waals surface area contributed by atoms with Crippen molar-refractivity contribution >= 4 is 11.9 Å². The Balaban J connectivity index is 3.81. The predicted octanol–water partition coefficient (Wildman–Crippen LogP) is 2.77. The normalized spacial score (nSPS) is 11.1. The van der Waals surface area contributed by atoms with Crippen LogP contribution in [-0.4, -0.2) is 11.9 Å². The molecule has 0 saturated carbocycles. The fourth-order valence-corrected chi connectivity index (χ4v) is 0.860. The Bertz CT molecular complexity index is 226. The minimum absolute atomic E-state index is 0.602. The van der Waals surface area contributed by atoms with Crippen LogP contribution in [0.3, 0.4) is 0 Å². The maximum Gasteiger partial charge on any atom is 0.338 e. The van der Waals surface area contributed by atoms with Gasteiger partial charge < -0.3 is 4.74 Å². The smallest absolute Gasteiger partial charge is 0.338 e. The fourth-order valence-electron chi connectivity index (χ4n) is 0.860. The first-order valence-corrected chi connectivity index (χ1v) is 5.29. The molecule has 0 atom stereocenters. The molecule has 0 rings (SSSR count). The van der Waals surface area contributed by atoms with Gasteiger partial charge in [0.15, 0.2) is 0 Å². The van der Waals surface area contributed by atoms with Gasteiger partial charge in [0.1, 0.15) is 0 Å². The first-order valence-electron chi connectivity index (χ1n) is 5.29. The van der Waals surface area contributed by atoms with Crippen molar-refractivity contribution in [2.75, 3.05) is 0 Å². The summed E-state index contributed by atoms with van der Waals surface area (Å²) in [5.74, 6) is -1.20. The van der Waals surface area contributed by atoms with Gasteiger partial charge in [0.2, 0.25) is 0 Å². The Morgan fingerprint density at radius 2 is 1.33 bits per heavy atom. The highest BCUT2D eigenvalue weighted by atomic mass is 16.6. The Morgan fingerprint density at radius 3 is 1.67 bits per heavy atom. The highest BCUT2D eigenvalue weighted by Crippen LogP contribution is 1.93. The summed E-state index contributed by atoms with van der Waals surface area (Å²) in [6.07, 6.45) is 9.53. The van der Waals surface area contributed by atoms with E-state index in [1.165, 1.54) is 12.2 Å². The van der Waals surface area contributed by atoms with Gasteiger partial charge in [0.25, 0.3) is 0 Å². The van der Waals surface area contributed by atoms with Crippen molar-refractivity contribution in [1.82, 2.24) is 0 Å². The molecule has 0 aromatic rings. The zero-order chi connectivity index (χ0) is 11.5. The van der Waals surface area contributed by atoms with Crippen LogP contribution in [0, 0.1) is 0 Å². The third-order valence-corrected chi connectivity index (χ3v) is 1.62. The largest absolute Gasteiger partial charge is 0.387 e. The molecule has 0 bridgehead atoms. The summed E-state index contributed by atoms with van der Waals surface area (Å²) in [7, 11) is 0. The first-order chi connectivity index (χ1) is 7.20. The topological polar surface area (TPSA) is 43.4 Å². The van der Waals surface area contributed by atoms with E-state index in [-0.39, 0.29) is 0 Å². The van der Waals surface area contributed by atoms with E-state index < -0.39 is 11.9 Å². The van der Waals surface area contributed by atoms with E-state index in [0.717, 1.165) is 25.7 Å². The van der Waals surface area contributed by atoms with Gasteiger partial charge in [-0.2, -0.15) is 0 Å². The van der Waals surface area contributed by atoms with Gasteiger partial charge in [-0.05, 0) is 12.8 Å². The average Bonchev–Trinajstić information content (AvgIpc) is 2.18. The van der Waals surface area contributed by atoms with Gasteiger partial charge in [-0.1, -0.05) is 38.8 Å². The molecule has 15 heavy (non-hydrogen) atoms. The van der Waals surface area contributed by atoms with Gasteiger partial charge in [0.05, 0.1) is 0 Å². The first kappa shape index (κ1) is 13.6. The SMILES string of the molecule is CCC/C=C\C(=O)OC(=O)/C=C\CCC. The van der Waals surface area contributed by atoms with Crippen molar-refractivity contribution in [3.63, 3.8) is 0 Å². The van der Waals surface area contributed by atoms with Gasteiger partial charge in [0, 0.05) is 12.2 Å².